The third-order valence-corrected chi connectivity index (χ3v) is 18.7. The van der Waals surface area contributed by atoms with Gasteiger partial charge in [0.25, 0.3) is 0 Å². The molecule has 43 heavy (non-hydrogen) atoms. The molecule has 0 spiro atoms. The second-order valence-corrected chi connectivity index (χ2v) is 18.8. The second kappa shape index (κ2) is 14.4. The van der Waals surface area contributed by atoms with Crippen LogP contribution in [0.3, 0.4) is 0 Å². The molecule has 0 amide bonds. The predicted octanol–water partition coefficient (Wildman–Crippen LogP) is 8.83. The minimum absolute atomic E-state index is 0.0149. The summed E-state index contributed by atoms with van der Waals surface area (Å²) >= 11 is 19.5. The summed E-state index contributed by atoms with van der Waals surface area (Å²) in [5.74, 6) is -2.62. The quantitative estimate of drug-likeness (QED) is 0.116. The van der Waals surface area contributed by atoms with Crippen molar-refractivity contribution in [1.82, 2.24) is 0 Å². The third kappa shape index (κ3) is 6.76. The van der Waals surface area contributed by atoms with Crippen molar-refractivity contribution in [2.45, 2.75) is 26.7 Å². The van der Waals surface area contributed by atoms with E-state index >= 15 is 17.6 Å². The van der Waals surface area contributed by atoms with E-state index in [0.717, 1.165) is 12.1 Å². The molecular formula is C32H34Cl4F4N2Ti. The van der Waals surface area contributed by atoms with E-state index in [0.29, 0.717) is 20.6 Å². The van der Waals surface area contributed by atoms with Crippen LogP contribution < -0.4 is 18.4 Å². The number of anilines is 2. The predicted molar refractivity (Wildman–Crippen MR) is 172 cm³/mol. The van der Waals surface area contributed by atoms with Crippen molar-refractivity contribution in [3.05, 3.63) is 91.7 Å². The Morgan fingerprint density at radius 1 is 0.651 bits per heavy atom. The Balaban J connectivity index is 2.00. The van der Waals surface area contributed by atoms with Gasteiger partial charge in [0.05, 0.1) is 0 Å². The first kappa shape index (κ1) is 34.5. The summed E-state index contributed by atoms with van der Waals surface area (Å²) in [5.41, 5.74) is -1.11. The van der Waals surface area contributed by atoms with Crippen LogP contribution in [0.15, 0.2) is 68.5 Å². The van der Waals surface area contributed by atoms with Crippen molar-refractivity contribution in [1.29, 1.82) is 0 Å². The van der Waals surface area contributed by atoms with Gasteiger partial charge in [0.2, 0.25) is 0 Å². The summed E-state index contributed by atoms with van der Waals surface area (Å²) in [6.45, 7) is 4.10. The summed E-state index contributed by atoms with van der Waals surface area (Å²) < 4.78 is 66.9. The molecule has 0 atom stereocenters. The second-order valence-electron chi connectivity index (χ2n) is 11.8. The topological polar surface area (TPSA) is 24.1 Å². The average molecular weight is 712 g/mol. The molecule has 0 bridgehead atoms. The zero-order chi connectivity index (χ0) is 31.4. The number of hydrogen-bond acceptors (Lipinski definition) is 2. The van der Waals surface area contributed by atoms with E-state index in [2.05, 4.69) is 10.6 Å². The zero-order valence-corrected chi connectivity index (χ0v) is 28.5. The number of hydrogen-bond donors (Lipinski definition) is 2. The van der Waals surface area contributed by atoms with Crippen LogP contribution in [0.2, 0.25) is 0 Å². The van der Waals surface area contributed by atoms with Gasteiger partial charge in [-0.05, 0) is 0 Å². The molecule has 4 rings (SSSR count). The van der Waals surface area contributed by atoms with Crippen molar-refractivity contribution < 1.29 is 34.2 Å². The van der Waals surface area contributed by atoms with E-state index in [4.69, 9.17) is 46.4 Å². The number of halogens is 8. The molecule has 2 aliphatic carbocycles. The monoisotopic (exact) mass is 710 g/mol. The Morgan fingerprint density at radius 2 is 1.02 bits per heavy atom. The van der Waals surface area contributed by atoms with Crippen molar-refractivity contribution in [3.8, 4) is 0 Å². The van der Waals surface area contributed by atoms with Gasteiger partial charge in [0, 0.05) is 0 Å². The Morgan fingerprint density at radius 3 is 1.33 bits per heavy atom. The van der Waals surface area contributed by atoms with Crippen LogP contribution >= 0.6 is 46.4 Å². The molecule has 0 aromatic heterocycles. The van der Waals surface area contributed by atoms with Gasteiger partial charge in [-0.15, -0.1) is 0 Å². The van der Waals surface area contributed by atoms with Crippen LogP contribution in [0, 0.1) is 34.1 Å². The van der Waals surface area contributed by atoms with E-state index in [1.165, 1.54) is 12.1 Å². The molecule has 0 saturated heterocycles. The van der Waals surface area contributed by atoms with Gasteiger partial charge in [-0.1, -0.05) is 0 Å². The molecule has 2 nitrogen and oxygen atoms in total. The Hall–Kier alpha value is -1.41. The first-order valence-electron chi connectivity index (χ1n) is 13.9. The van der Waals surface area contributed by atoms with Crippen LogP contribution in [0.1, 0.15) is 26.7 Å². The molecule has 0 unspecified atom stereocenters. The van der Waals surface area contributed by atoms with E-state index in [-0.39, 0.29) is 55.7 Å². The van der Waals surface area contributed by atoms with Crippen LogP contribution in [0.5, 0.6) is 0 Å². The van der Waals surface area contributed by atoms with Gasteiger partial charge in [-0.3, -0.25) is 0 Å². The van der Waals surface area contributed by atoms with Gasteiger partial charge in [0.1, 0.15) is 0 Å². The number of alkyl halides is 4. The van der Waals surface area contributed by atoms with Gasteiger partial charge >= 0.3 is 276 Å². The molecule has 2 aromatic carbocycles. The molecule has 0 heterocycles. The van der Waals surface area contributed by atoms with E-state index in [1.807, 2.05) is 26.0 Å². The first-order chi connectivity index (χ1) is 20.5. The Labute approximate surface area is 274 Å². The molecule has 2 aliphatic rings. The summed E-state index contributed by atoms with van der Waals surface area (Å²) in [6, 6.07) is 4.93. The summed E-state index contributed by atoms with van der Waals surface area (Å²) in [6.07, 6.45) is 11.4. The van der Waals surface area contributed by atoms with E-state index in [1.54, 1.807) is 24.3 Å². The Bertz CT molecular complexity index is 1360. The van der Waals surface area contributed by atoms with Crippen molar-refractivity contribution in [3.63, 3.8) is 0 Å². The third-order valence-electron chi connectivity index (χ3n) is 8.14. The van der Waals surface area contributed by atoms with Crippen molar-refractivity contribution >= 4 is 65.5 Å². The van der Waals surface area contributed by atoms with Gasteiger partial charge in [-0.2, -0.15) is 0 Å². The van der Waals surface area contributed by atoms with Crippen LogP contribution in [0.4, 0.5) is 28.9 Å². The fourth-order valence-corrected chi connectivity index (χ4v) is 14.6. The normalized spacial score (nSPS) is 15.2. The van der Waals surface area contributed by atoms with Crippen molar-refractivity contribution in [2.75, 3.05) is 47.2 Å². The molecule has 11 heteroatoms. The van der Waals surface area contributed by atoms with Gasteiger partial charge in [-0.25, -0.2) is 0 Å². The Kier molecular flexibility index (Phi) is 11.5. The molecular weight excluding hydrogens is 678 g/mol. The molecule has 0 aliphatic heterocycles. The standard InChI is InChI=1S/2C11H12Cl2F2N.2C5H5.Ti/c2*1-11(5-12,6-13)7-16-10-3-2-8(14)4-9(10)15;2*1-2-4-5-3-1;/h2*2-3,16H,5-7H2,1H3;2*1-3H,4H2;. The summed E-state index contributed by atoms with van der Waals surface area (Å²) in [5, 5.41) is 6.09. The molecule has 2 N–H and O–H groups in total. The number of nitrogens with one attached hydrogen (secondary N) is 2. The maximum absolute atomic E-state index is 16.9. The fraction of sp³-hybridized carbons (Fsp3) is 0.375. The zero-order valence-electron chi connectivity index (χ0n) is 24.0. The fourth-order valence-electron chi connectivity index (χ4n) is 5.37. The minimum atomic E-state index is -4.98. The summed E-state index contributed by atoms with van der Waals surface area (Å²) in [4.78, 5) is 0. The van der Waals surface area contributed by atoms with Gasteiger partial charge in [0.15, 0.2) is 0 Å². The van der Waals surface area contributed by atoms with Gasteiger partial charge < -0.3 is 0 Å². The van der Waals surface area contributed by atoms with E-state index in [9.17, 15) is 0 Å². The number of allylic oxidation sites excluding steroid dienone is 8. The van der Waals surface area contributed by atoms with Crippen LogP contribution in [-0.4, -0.2) is 36.6 Å². The molecule has 2 aromatic rings. The van der Waals surface area contributed by atoms with Crippen LogP contribution in [0.25, 0.3) is 0 Å². The first-order valence-corrected chi connectivity index (χ1v) is 19.2. The molecule has 0 fully saturated rings. The number of benzene rings is 2. The van der Waals surface area contributed by atoms with Crippen molar-refractivity contribution in [2.24, 2.45) is 10.8 Å². The van der Waals surface area contributed by atoms with Crippen LogP contribution in [-0.2, 0) is 16.6 Å². The molecule has 232 valence electrons. The summed E-state index contributed by atoms with van der Waals surface area (Å²) in [7, 11) is 0. The molecule has 0 saturated carbocycles. The molecule has 0 radical (unpaired) electrons. The van der Waals surface area contributed by atoms with E-state index < -0.39 is 50.7 Å². The average Bonchev–Trinajstić information content (AvgIpc) is 3.75. The number of rotatable bonds is 14. The SMILES string of the molecule is CC(CCl)(CCl)CNc1ccc(F)[c]([Ti]([C]2=CC=CC2)([C]2=CC=CC2)[c]2c(F)ccc(NCC(C)(CCl)CCl)c2F)c1F. The maximum atomic E-state index is 16.9.